The molecule has 0 atom stereocenters. The smallest absolute Gasteiger partial charge is 0.337 e. The number of nitrogens with one attached hydrogen (secondary N) is 1. The summed E-state index contributed by atoms with van der Waals surface area (Å²) in [7, 11) is 2.02. The number of halogens is 1. The molecule has 0 radical (unpaired) electrons. The SMILES string of the molecule is Cc1cc2cc(Nc3ccc(Cl)cc3C(=O)O)ccc2n1C. The van der Waals surface area contributed by atoms with Gasteiger partial charge in [-0.3, -0.25) is 0 Å². The molecule has 0 saturated carbocycles. The largest absolute Gasteiger partial charge is 0.478 e. The van der Waals surface area contributed by atoms with E-state index in [2.05, 4.69) is 22.9 Å². The summed E-state index contributed by atoms with van der Waals surface area (Å²) in [5.74, 6) is -1.01. The summed E-state index contributed by atoms with van der Waals surface area (Å²) in [6.07, 6.45) is 0. The van der Waals surface area contributed by atoms with Crippen LogP contribution in [0.5, 0.6) is 0 Å². The molecule has 4 nitrogen and oxygen atoms in total. The highest BCUT2D eigenvalue weighted by atomic mass is 35.5. The van der Waals surface area contributed by atoms with E-state index in [0.29, 0.717) is 10.7 Å². The number of hydrogen-bond donors (Lipinski definition) is 2. The highest BCUT2D eigenvalue weighted by Crippen LogP contribution is 2.27. The topological polar surface area (TPSA) is 54.3 Å². The summed E-state index contributed by atoms with van der Waals surface area (Å²) in [6.45, 7) is 2.05. The first-order valence-corrected chi connectivity index (χ1v) is 7.19. The van der Waals surface area contributed by atoms with Gasteiger partial charge in [0, 0.05) is 34.4 Å². The lowest BCUT2D eigenvalue weighted by Crippen LogP contribution is -2.02. The Balaban J connectivity index is 2.01. The van der Waals surface area contributed by atoms with Crippen molar-refractivity contribution in [2.24, 2.45) is 7.05 Å². The first-order chi connectivity index (χ1) is 10.5. The summed E-state index contributed by atoms with van der Waals surface area (Å²) < 4.78 is 2.12. The molecule has 1 heterocycles. The standard InChI is InChI=1S/C17H15ClN2O2/c1-10-7-11-8-13(4-6-16(11)20(10)2)19-15-5-3-12(18)9-14(15)17(21)22/h3-9,19H,1-2H3,(H,21,22). The Morgan fingerprint density at radius 3 is 2.68 bits per heavy atom. The number of nitrogens with zero attached hydrogens (tertiary/aromatic N) is 1. The van der Waals surface area contributed by atoms with Crippen LogP contribution in [0, 0.1) is 6.92 Å². The third-order valence-corrected chi connectivity index (χ3v) is 4.01. The maximum atomic E-state index is 11.3. The normalized spacial score (nSPS) is 10.9. The highest BCUT2D eigenvalue weighted by Gasteiger charge is 2.11. The van der Waals surface area contributed by atoms with Gasteiger partial charge in [-0.05, 0) is 49.4 Å². The van der Waals surface area contributed by atoms with Gasteiger partial charge in [0.05, 0.1) is 11.3 Å². The van der Waals surface area contributed by atoms with Crippen molar-refractivity contribution in [2.45, 2.75) is 6.92 Å². The van der Waals surface area contributed by atoms with Gasteiger partial charge in [-0.1, -0.05) is 11.6 Å². The molecule has 3 rings (SSSR count). The van der Waals surface area contributed by atoms with Crippen molar-refractivity contribution < 1.29 is 9.90 Å². The number of aromatic nitrogens is 1. The molecular formula is C17H15ClN2O2. The predicted molar refractivity (Wildman–Crippen MR) is 89.4 cm³/mol. The van der Waals surface area contributed by atoms with Crippen LogP contribution in [0.1, 0.15) is 16.1 Å². The minimum Gasteiger partial charge on any atom is -0.478 e. The zero-order valence-corrected chi connectivity index (χ0v) is 13.0. The molecule has 0 aliphatic rings. The Morgan fingerprint density at radius 1 is 1.18 bits per heavy atom. The maximum Gasteiger partial charge on any atom is 0.337 e. The number of carboxylic acid groups (broad SMARTS) is 1. The molecule has 22 heavy (non-hydrogen) atoms. The average Bonchev–Trinajstić information content (AvgIpc) is 2.75. The van der Waals surface area contributed by atoms with Crippen LogP contribution >= 0.6 is 11.6 Å². The van der Waals surface area contributed by atoms with Crippen molar-refractivity contribution in [1.29, 1.82) is 0 Å². The van der Waals surface area contributed by atoms with Crippen LogP contribution < -0.4 is 5.32 Å². The van der Waals surface area contributed by atoms with Crippen LogP contribution in [0.15, 0.2) is 42.5 Å². The second-order valence-corrected chi connectivity index (χ2v) is 5.67. The Labute approximate surface area is 132 Å². The third-order valence-electron chi connectivity index (χ3n) is 3.77. The van der Waals surface area contributed by atoms with Crippen LogP contribution in [-0.2, 0) is 7.05 Å². The summed E-state index contributed by atoms with van der Waals surface area (Å²) in [4.78, 5) is 11.3. The lowest BCUT2D eigenvalue weighted by atomic mass is 10.1. The van der Waals surface area contributed by atoms with Crippen LogP contribution in [-0.4, -0.2) is 15.6 Å². The Bertz CT molecular complexity index is 884. The molecule has 0 aliphatic heterocycles. The Morgan fingerprint density at radius 2 is 1.95 bits per heavy atom. The first-order valence-electron chi connectivity index (χ1n) is 6.81. The Kier molecular flexibility index (Phi) is 3.54. The van der Waals surface area contributed by atoms with Crippen molar-refractivity contribution in [3.8, 4) is 0 Å². The second-order valence-electron chi connectivity index (χ2n) is 5.24. The van der Waals surface area contributed by atoms with Gasteiger partial charge >= 0.3 is 5.97 Å². The molecule has 1 aromatic heterocycles. The average molecular weight is 315 g/mol. The maximum absolute atomic E-state index is 11.3. The van der Waals surface area contributed by atoms with Crippen molar-refractivity contribution in [2.75, 3.05) is 5.32 Å². The van der Waals surface area contributed by atoms with E-state index in [1.54, 1.807) is 12.1 Å². The fraction of sp³-hybridized carbons (Fsp3) is 0.118. The number of benzene rings is 2. The molecule has 2 aromatic carbocycles. The van der Waals surface area contributed by atoms with Gasteiger partial charge in [-0.25, -0.2) is 4.79 Å². The van der Waals surface area contributed by atoms with Crippen LogP contribution in [0.25, 0.3) is 10.9 Å². The quantitative estimate of drug-likeness (QED) is 0.744. The zero-order valence-electron chi connectivity index (χ0n) is 12.2. The van der Waals surface area contributed by atoms with Gasteiger partial charge in [0.2, 0.25) is 0 Å². The number of fused-ring (bicyclic) bond motifs is 1. The van der Waals surface area contributed by atoms with E-state index in [0.717, 1.165) is 16.6 Å². The van der Waals surface area contributed by atoms with E-state index >= 15 is 0 Å². The van der Waals surface area contributed by atoms with Gasteiger partial charge in [0.25, 0.3) is 0 Å². The summed E-state index contributed by atoms with van der Waals surface area (Å²) >= 11 is 5.87. The second kappa shape index (κ2) is 5.39. The van der Waals surface area contributed by atoms with E-state index in [1.807, 2.05) is 25.2 Å². The predicted octanol–water partition coefficient (Wildman–Crippen LogP) is 4.58. The van der Waals surface area contributed by atoms with Crippen LogP contribution in [0.2, 0.25) is 5.02 Å². The number of hydrogen-bond acceptors (Lipinski definition) is 2. The fourth-order valence-corrected chi connectivity index (χ4v) is 2.70. The molecule has 5 heteroatoms. The Hall–Kier alpha value is -2.46. The van der Waals surface area contributed by atoms with Crippen molar-refractivity contribution in [3.05, 3.63) is 58.7 Å². The van der Waals surface area contributed by atoms with Gasteiger partial charge in [-0.2, -0.15) is 0 Å². The number of carboxylic acids is 1. The monoisotopic (exact) mass is 314 g/mol. The highest BCUT2D eigenvalue weighted by molar-refractivity contribution is 6.31. The fourth-order valence-electron chi connectivity index (χ4n) is 2.52. The number of rotatable bonds is 3. The molecule has 0 saturated heterocycles. The molecule has 0 amide bonds. The molecule has 3 aromatic rings. The van der Waals surface area contributed by atoms with E-state index in [-0.39, 0.29) is 5.56 Å². The number of carbonyl (C=O) groups is 1. The third kappa shape index (κ3) is 2.53. The van der Waals surface area contributed by atoms with Crippen LogP contribution in [0.3, 0.4) is 0 Å². The van der Waals surface area contributed by atoms with E-state index < -0.39 is 5.97 Å². The molecule has 0 aliphatic carbocycles. The number of anilines is 2. The molecule has 0 unspecified atom stereocenters. The molecular weight excluding hydrogens is 300 g/mol. The van der Waals surface area contributed by atoms with Crippen molar-refractivity contribution >= 4 is 39.8 Å². The minimum atomic E-state index is -1.01. The van der Waals surface area contributed by atoms with E-state index in [9.17, 15) is 9.90 Å². The molecule has 2 N–H and O–H groups in total. The lowest BCUT2D eigenvalue weighted by molar-refractivity contribution is 0.0698. The summed E-state index contributed by atoms with van der Waals surface area (Å²) in [5, 5.41) is 13.9. The van der Waals surface area contributed by atoms with E-state index in [4.69, 9.17) is 11.6 Å². The zero-order chi connectivity index (χ0) is 15.9. The number of aromatic carboxylic acids is 1. The molecule has 0 fully saturated rings. The van der Waals surface area contributed by atoms with Gasteiger partial charge in [0.1, 0.15) is 0 Å². The first kappa shape index (κ1) is 14.5. The minimum absolute atomic E-state index is 0.150. The van der Waals surface area contributed by atoms with Gasteiger partial charge in [-0.15, -0.1) is 0 Å². The van der Waals surface area contributed by atoms with Crippen molar-refractivity contribution in [3.63, 3.8) is 0 Å². The lowest BCUT2D eigenvalue weighted by Gasteiger charge is -2.10. The van der Waals surface area contributed by atoms with E-state index in [1.165, 1.54) is 11.8 Å². The molecule has 0 bridgehead atoms. The molecule has 112 valence electrons. The summed E-state index contributed by atoms with van der Waals surface area (Å²) in [5.41, 5.74) is 3.81. The number of aryl methyl sites for hydroxylation is 2. The molecule has 0 spiro atoms. The van der Waals surface area contributed by atoms with Crippen LogP contribution in [0.4, 0.5) is 11.4 Å². The van der Waals surface area contributed by atoms with Gasteiger partial charge < -0.3 is 15.0 Å². The summed E-state index contributed by atoms with van der Waals surface area (Å²) in [6, 6.07) is 12.8. The van der Waals surface area contributed by atoms with Gasteiger partial charge in [0.15, 0.2) is 0 Å². The van der Waals surface area contributed by atoms with Crippen molar-refractivity contribution in [1.82, 2.24) is 4.57 Å².